The van der Waals surface area contributed by atoms with Crippen LogP contribution in [-0.2, 0) is 9.59 Å². The Hall–Kier alpha value is -3.15. The van der Waals surface area contributed by atoms with Gasteiger partial charge >= 0.3 is 0 Å². The van der Waals surface area contributed by atoms with Gasteiger partial charge in [-0.2, -0.15) is 5.10 Å². The van der Waals surface area contributed by atoms with Crippen molar-refractivity contribution in [3.8, 4) is 5.75 Å². The summed E-state index contributed by atoms with van der Waals surface area (Å²) in [5, 5.41) is 6.60. The number of anilines is 1. The number of hydrogen-bond acceptors (Lipinski definition) is 4. The summed E-state index contributed by atoms with van der Waals surface area (Å²) < 4.78 is 5.59. The molecule has 0 spiro atoms. The number of rotatable bonds is 9. The third-order valence-corrected chi connectivity index (χ3v) is 4.16. The molecule has 0 atom stereocenters. The molecule has 0 radical (unpaired) electrons. The van der Waals surface area contributed by atoms with Crippen molar-refractivity contribution < 1.29 is 14.3 Å². The smallest absolute Gasteiger partial charge is 0.249 e. The fourth-order valence-electron chi connectivity index (χ4n) is 2.37. The number of hydrogen-bond donors (Lipinski definition) is 2. The van der Waals surface area contributed by atoms with Crippen LogP contribution < -0.4 is 15.5 Å². The van der Waals surface area contributed by atoms with Gasteiger partial charge in [-0.3, -0.25) is 9.59 Å². The first-order valence-corrected chi connectivity index (χ1v) is 9.40. The normalized spacial score (nSPS) is 10.7. The van der Waals surface area contributed by atoms with Crippen LogP contribution in [0.25, 0.3) is 0 Å². The van der Waals surface area contributed by atoms with Gasteiger partial charge in [0.1, 0.15) is 12.2 Å². The molecule has 2 aromatic carbocycles. The van der Waals surface area contributed by atoms with E-state index in [0.717, 1.165) is 35.3 Å². The van der Waals surface area contributed by atoms with E-state index in [1.54, 1.807) is 0 Å². The van der Waals surface area contributed by atoms with Crippen molar-refractivity contribution in [2.24, 2.45) is 5.10 Å². The third kappa shape index (κ3) is 7.23. The molecule has 2 N–H and O–H groups in total. The number of carbonyl (C=O) groups is 2. The van der Waals surface area contributed by atoms with Gasteiger partial charge in [-0.05, 0) is 73.4 Å². The maximum atomic E-state index is 12.0. The largest absolute Gasteiger partial charge is 0.494 e. The maximum absolute atomic E-state index is 12.0. The Kier molecular flexibility index (Phi) is 8.21. The number of carbonyl (C=O) groups excluding carboxylic acids is 2. The van der Waals surface area contributed by atoms with Crippen LogP contribution in [0, 0.1) is 13.8 Å². The average Bonchev–Trinajstić information content (AvgIpc) is 2.66. The van der Waals surface area contributed by atoms with Crippen LogP contribution >= 0.6 is 0 Å². The second kappa shape index (κ2) is 10.9. The van der Waals surface area contributed by atoms with Crippen molar-refractivity contribution in [1.82, 2.24) is 5.43 Å². The molecule has 0 saturated heterocycles. The topological polar surface area (TPSA) is 79.8 Å². The highest BCUT2D eigenvalue weighted by molar-refractivity contribution is 6.03. The quantitative estimate of drug-likeness (QED) is 0.299. The Balaban J connectivity index is 1.76. The first-order valence-electron chi connectivity index (χ1n) is 9.40. The first-order chi connectivity index (χ1) is 13.5. The number of aryl methyl sites for hydroxylation is 2. The Bertz CT molecular complexity index is 829. The van der Waals surface area contributed by atoms with E-state index in [0.29, 0.717) is 12.3 Å². The summed E-state index contributed by atoms with van der Waals surface area (Å²) in [6.07, 6.45) is 3.34. The van der Waals surface area contributed by atoms with E-state index >= 15 is 0 Å². The van der Waals surface area contributed by atoms with Crippen LogP contribution in [0.4, 0.5) is 5.69 Å². The fourth-order valence-corrected chi connectivity index (χ4v) is 2.37. The summed E-state index contributed by atoms with van der Waals surface area (Å²) in [6, 6.07) is 13.0. The van der Waals surface area contributed by atoms with Crippen molar-refractivity contribution in [3.05, 3.63) is 59.2 Å². The van der Waals surface area contributed by atoms with Crippen LogP contribution in [-0.4, -0.2) is 24.6 Å². The monoisotopic (exact) mass is 381 g/mol. The van der Waals surface area contributed by atoms with Gasteiger partial charge in [-0.25, -0.2) is 5.43 Å². The first kappa shape index (κ1) is 21.2. The lowest BCUT2D eigenvalue weighted by molar-refractivity contribution is -0.126. The lowest BCUT2D eigenvalue weighted by Crippen LogP contribution is -2.24. The summed E-state index contributed by atoms with van der Waals surface area (Å²) in [7, 11) is 0. The molecular weight excluding hydrogens is 354 g/mol. The predicted octanol–water partition coefficient (Wildman–Crippen LogP) is 3.96. The summed E-state index contributed by atoms with van der Waals surface area (Å²) in [6.45, 7) is 6.78. The van der Waals surface area contributed by atoms with E-state index in [9.17, 15) is 9.59 Å². The zero-order chi connectivity index (χ0) is 20.4. The van der Waals surface area contributed by atoms with Gasteiger partial charge in [0.05, 0.1) is 12.8 Å². The zero-order valence-electron chi connectivity index (χ0n) is 16.6. The highest BCUT2D eigenvalue weighted by atomic mass is 16.5. The number of ether oxygens (including phenoxy) is 1. The van der Waals surface area contributed by atoms with Gasteiger partial charge in [0.25, 0.3) is 0 Å². The average molecular weight is 381 g/mol. The van der Waals surface area contributed by atoms with Gasteiger partial charge in [0, 0.05) is 5.69 Å². The van der Waals surface area contributed by atoms with Crippen molar-refractivity contribution in [1.29, 1.82) is 0 Å². The van der Waals surface area contributed by atoms with Gasteiger partial charge in [0.2, 0.25) is 11.8 Å². The summed E-state index contributed by atoms with van der Waals surface area (Å²) in [5.74, 6) is -0.0562. The molecular formula is C22H27N3O3. The molecule has 0 aliphatic rings. The van der Waals surface area contributed by atoms with Crippen LogP contribution in [0.15, 0.2) is 47.6 Å². The summed E-state index contributed by atoms with van der Waals surface area (Å²) >= 11 is 0. The SMILES string of the molecule is CCCCOc1ccc(C=NNC(=O)CC(=O)Nc2ccc(C)c(C)c2)cc1. The molecule has 148 valence electrons. The molecule has 0 aliphatic heterocycles. The number of amides is 2. The number of benzene rings is 2. The van der Waals surface area contributed by atoms with E-state index in [2.05, 4.69) is 22.8 Å². The molecule has 0 unspecified atom stereocenters. The molecule has 0 saturated carbocycles. The molecule has 0 fully saturated rings. The molecule has 6 heteroatoms. The molecule has 6 nitrogen and oxygen atoms in total. The number of unbranched alkanes of at least 4 members (excludes halogenated alkanes) is 1. The van der Waals surface area contributed by atoms with Crippen molar-refractivity contribution >= 4 is 23.7 Å². The molecule has 28 heavy (non-hydrogen) atoms. The zero-order valence-corrected chi connectivity index (χ0v) is 16.6. The second-order valence-electron chi connectivity index (χ2n) is 6.59. The third-order valence-electron chi connectivity index (χ3n) is 4.16. The Morgan fingerprint density at radius 1 is 1.04 bits per heavy atom. The second-order valence-corrected chi connectivity index (χ2v) is 6.59. The minimum absolute atomic E-state index is 0.297. The number of nitrogens with one attached hydrogen (secondary N) is 2. The van der Waals surface area contributed by atoms with Crippen molar-refractivity contribution in [3.63, 3.8) is 0 Å². The highest BCUT2D eigenvalue weighted by Gasteiger charge is 2.09. The lowest BCUT2D eigenvalue weighted by atomic mass is 10.1. The van der Waals surface area contributed by atoms with Crippen molar-refractivity contribution in [2.45, 2.75) is 40.0 Å². The minimum Gasteiger partial charge on any atom is -0.494 e. The van der Waals surface area contributed by atoms with E-state index in [1.807, 2.05) is 56.3 Å². The van der Waals surface area contributed by atoms with Crippen LogP contribution in [0.1, 0.15) is 42.9 Å². The number of hydrazone groups is 1. The molecule has 0 heterocycles. The number of nitrogens with zero attached hydrogens (tertiary/aromatic N) is 1. The lowest BCUT2D eigenvalue weighted by Gasteiger charge is -2.07. The fraction of sp³-hybridized carbons (Fsp3) is 0.318. The Morgan fingerprint density at radius 3 is 2.46 bits per heavy atom. The van der Waals surface area contributed by atoms with E-state index in [4.69, 9.17) is 4.74 Å². The minimum atomic E-state index is -0.475. The van der Waals surface area contributed by atoms with Gasteiger partial charge in [0.15, 0.2) is 0 Å². The molecule has 0 aromatic heterocycles. The van der Waals surface area contributed by atoms with E-state index in [1.165, 1.54) is 6.21 Å². The Labute approximate surface area is 166 Å². The maximum Gasteiger partial charge on any atom is 0.249 e. The summed E-state index contributed by atoms with van der Waals surface area (Å²) in [4.78, 5) is 23.8. The van der Waals surface area contributed by atoms with Gasteiger partial charge in [-0.1, -0.05) is 19.4 Å². The molecule has 2 aromatic rings. The summed E-state index contributed by atoms with van der Waals surface area (Å²) in [5.41, 5.74) is 6.08. The molecule has 0 aliphatic carbocycles. The van der Waals surface area contributed by atoms with E-state index in [-0.39, 0.29) is 12.3 Å². The molecule has 2 rings (SSSR count). The molecule has 2 amide bonds. The Morgan fingerprint density at radius 2 is 1.79 bits per heavy atom. The van der Waals surface area contributed by atoms with Crippen LogP contribution in [0.3, 0.4) is 0 Å². The van der Waals surface area contributed by atoms with Gasteiger partial charge < -0.3 is 10.1 Å². The molecule has 0 bridgehead atoms. The predicted molar refractivity (Wildman–Crippen MR) is 112 cm³/mol. The van der Waals surface area contributed by atoms with Crippen LogP contribution in [0.2, 0.25) is 0 Å². The van der Waals surface area contributed by atoms with Crippen molar-refractivity contribution in [2.75, 3.05) is 11.9 Å². The van der Waals surface area contributed by atoms with Crippen LogP contribution in [0.5, 0.6) is 5.75 Å². The highest BCUT2D eigenvalue weighted by Crippen LogP contribution is 2.14. The standard InChI is InChI=1S/C22H27N3O3/c1-4-5-12-28-20-10-7-18(8-11-20)15-23-25-22(27)14-21(26)24-19-9-6-16(2)17(3)13-19/h6-11,13,15H,4-5,12,14H2,1-3H3,(H,24,26)(H,25,27). The van der Waals surface area contributed by atoms with Gasteiger partial charge in [-0.15, -0.1) is 0 Å². The van der Waals surface area contributed by atoms with E-state index < -0.39 is 5.91 Å².